The highest BCUT2D eigenvalue weighted by Crippen LogP contribution is 2.32. The Kier molecular flexibility index (Phi) is 2.37. The lowest BCUT2D eigenvalue weighted by atomic mass is 10.0. The Balaban J connectivity index is 1.85. The molecule has 2 bridgehead atoms. The van der Waals surface area contributed by atoms with Crippen LogP contribution in [0.25, 0.3) is 0 Å². The van der Waals surface area contributed by atoms with Crippen molar-refractivity contribution in [3.63, 3.8) is 0 Å². The van der Waals surface area contributed by atoms with Crippen molar-refractivity contribution in [2.75, 3.05) is 0 Å². The van der Waals surface area contributed by atoms with E-state index in [2.05, 4.69) is 19.2 Å². The van der Waals surface area contributed by atoms with E-state index in [9.17, 15) is 0 Å². The zero-order valence-corrected chi connectivity index (χ0v) is 8.05. The lowest BCUT2D eigenvalue weighted by Crippen LogP contribution is -2.42. The van der Waals surface area contributed by atoms with E-state index in [1.165, 1.54) is 25.7 Å². The number of ether oxygens (including phenoxy) is 1. The molecule has 0 amide bonds. The summed E-state index contributed by atoms with van der Waals surface area (Å²) in [5, 5.41) is 3.60. The first-order valence-electron chi connectivity index (χ1n) is 5.15. The van der Waals surface area contributed by atoms with Gasteiger partial charge in [0.25, 0.3) is 0 Å². The molecule has 2 rings (SSSR count). The summed E-state index contributed by atoms with van der Waals surface area (Å²) in [6, 6.07) is 1.34. The summed E-state index contributed by atoms with van der Waals surface area (Å²) in [4.78, 5) is 0. The molecule has 0 aliphatic carbocycles. The van der Waals surface area contributed by atoms with Crippen molar-refractivity contribution in [2.45, 2.75) is 63.8 Å². The summed E-state index contributed by atoms with van der Waals surface area (Å²) < 4.78 is 5.77. The van der Waals surface area contributed by atoms with Crippen LogP contribution in [0, 0.1) is 0 Å². The second-order valence-electron chi connectivity index (χ2n) is 4.45. The van der Waals surface area contributed by atoms with E-state index in [0.717, 1.165) is 6.04 Å². The van der Waals surface area contributed by atoms with Gasteiger partial charge in [0.05, 0.1) is 12.2 Å². The summed E-state index contributed by atoms with van der Waals surface area (Å²) in [6.45, 7) is 4.44. The van der Waals surface area contributed by atoms with Crippen LogP contribution in [0.4, 0.5) is 0 Å². The topological polar surface area (TPSA) is 21.3 Å². The van der Waals surface area contributed by atoms with Gasteiger partial charge in [-0.3, -0.25) is 0 Å². The highest BCUT2D eigenvalue weighted by molar-refractivity contribution is 4.88. The minimum Gasteiger partial charge on any atom is -0.375 e. The average Bonchev–Trinajstić information content (AvgIpc) is 2.29. The van der Waals surface area contributed by atoms with Crippen LogP contribution in [0.1, 0.15) is 39.5 Å². The highest BCUT2D eigenvalue weighted by atomic mass is 16.5. The molecule has 2 unspecified atom stereocenters. The van der Waals surface area contributed by atoms with Gasteiger partial charge in [-0.25, -0.2) is 0 Å². The summed E-state index contributed by atoms with van der Waals surface area (Å²) in [6.07, 6.45) is 6.19. The Bertz CT molecular complexity index is 146. The molecule has 2 heterocycles. The molecule has 0 aromatic rings. The van der Waals surface area contributed by atoms with Gasteiger partial charge < -0.3 is 10.1 Å². The minimum absolute atomic E-state index is 0.569. The summed E-state index contributed by atoms with van der Waals surface area (Å²) in [5.74, 6) is 0. The van der Waals surface area contributed by atoms with Crippen LogP contribution >= 0.6 is 0 Å². The maximum absolute atomic E-state index is 5.77. The lowest BCUT2D eigenvalue weighted by molar-refractivity contribution is -0.00981. The van der Waals surface area contributed by atoms with Crippen molar-refractivity contribution in [3.05, 3.63) is 0 Å². The molecule has 2 fully saturated rings. The third-order valence-corrected chi connectivity index (χ3v) is 2.86. The zero-order valence-electron chi connectivity index (χ0n) is 8.05. The fraction of sp³-hybridized carbons (Fsp3) is 1.00. The van der Waals surface area contributed by atoms with Gasteiger partial charge in [-0.05, 0) is 25.7 Å². The normalized spacial score (nSPS) is 40.8. The lowest BCUT2D eigenvalue weighted by Gasteiger charge is -2.30. The van der Waals surface area contributed by atoms with E-state index < -0.39 is 0 Å². The Morgan fingerprint density at radius 2 is 1.75 bits per heavy atom. The van der Waals surface area contributed by atoms with Crippen LogP contribution in [0.2, 0.25) is 0 Å². The fourth-order valence-electron chi connectivity index (χ4n) is 2.47. The Morgan fingerprint density at radius 3 is 2.25 bits per heavy atom. The first-order chi connectivity index (χ1) is 5.74. The predicted molar refractivity (Wildman–Crippen MR) is 49.2 cm³/mol. The molecule has 0 aromatic carbocycles. The van der Waals surface area contributed by atoms with Gasteiger partial charge in [0.2, 0.25) is 0 Å². The molecular weight excluding hydrogens is 150 g/mol. The highest BCUT2D eigenvalue weighted by Gasteiger charge is 2.34. The van der Waals surface area contributed by atoms with Crippen molar-refractivity contribution >= 4 is 0 Å². The van der Waals surface area contributed by atoms with Crippen molar-refractivity contribution in [1.29, 1.82) is 0 Å². The van der Waals surface area contributed by atoms with Crippen molar-refractivity contribution in [1.82, 2.24) is 5.32 Å². The number of rotatable bonds is 2. The quantitative estimate of drug-likeness (QED) is 0.679. The molecule has 2 heteroatoms. The van der Waals surface area contributed by atoms with Gasteiger partial charge in [0.1, 0.15) is 0 Å². The van der Waals surface area contributed by atoms with E-state index >= 15 is 0 Å². The van der Waals surface area contributed by atoms with Crippen molar-refractivity contribution in [2.24, 2.45) is 0 Å². The molecule has 2 nitrogen and oxygen atoms in total. The molecule has 2 aliphatic heterocycles. The second kappa shape index (κ2) is 3.35. The van der Waals surface area contributed by atoms with Gasteiger partial charge >= 0.3 is 0 Å². The third-order valence-electron chi connectivity index (χ3n) is 2.86. The van der Waals surface area contributed by atoms with Crippen LogP contribution in [0.15, 0.2) is 0 Å². The Morgan fingerprint density at radius 1 is 1.17 bits per heavy atom. The monoisotopic (exact) mass is 169 g/mol. The molecular formula is C10H19NO. The largest absolute Gasteiger partial charge is 0.375 e. The zero-order chi connectivity index (χ0) is 8.55. The minimum atomic E-state index is 0.569. The van der Waals surface area contributed by atoms with Gasteiger partial charge in [-0.1, -0.05) is 13.8 Å². The molecule has 0 spiro atoms. The second-order valence-corrected chi connectivity index (χ2v) is 4.45. The number of hydrogen-bond donors (Lipinski definition) is 1. The third kappa shape index (κ3) is 1.80. The standard InChI is InChI=1S/C10H19NO/c1-7(2)11-8-5-9-3-4-10(6-8)12-9/h7-11H,3-6H2,1-2H3. The SMILES string of the molecule is CC(C)NC1CC2CCC(C1)O2. The van der Waals surface area contributed by atoms with E-state index in [1.54, 1.807) is 0 Å². The maximum atomic E-state index is 5.77. The Hall–Kier alpha value is -0.0800. The molecule has 70 valence electrons. The van der Waals surface area contributed by atoms with Crippen LogP contribution in [-0.4, -0.2) is 24.3 Å². The number of nitrogens with one attached hydrogen (secondary N) is 1. The Labute approximate surface area is 74.7 Å². The van der Waals surface area contributed by atoms with Crippen LogP contribution in [-0.2, 0) is 4.74 Å². The molecule has 2 aliphatic rings. The van der Waals surface area contributed by atoms with Gasteiger partial charge in [0.15, 0.2) is 0 Å². The van der Waals surface area contributed by atoms with Gasteiger partial charge in [-0.15, -0.1) is 0 Å². The molecule has 12 heavy (non-hydrogen) atoms. The number of hydrogen-bond acceptors (Lipinski definition) is 2. The molecule has 0 radical (unpaired) electrons. The fourth-order valence-corrected chi connectivity index (χ4v) is 2.47. The first kappa shape index (κ1) is 8.52. The molecule has 0 aromatic heterocycles. The average molecular weight is 169 g/mol. The summed E-state index contributed by atoms with van der Waals surface area (Å²) in [5.41, 5.74) is 0. The van der Waals surface area contributed by atoms with Gasteiger partial charge in [0, 0.05) is 12.1 Å². The van der Waals surface area contributed by atoms with Crippen LogP contribution < -0.4 is 5.32 Å². The molecule has 0 saturated carbocycles. The van der Waals surface area contributed by atoms with Crippen molar-refractivity contribution in [3.8, 4) is 0 Å². The maximum Gasteiger partial charge on any atom is 0.0594 e. The smallest absolute Gasteiger partial charge is 0.0594 e. The van der Waals surface area contributed by atoms with E-state index in [-0.39, 0.29) is 0 Å². The summed E-state index contributed by atoms with van der Waals surface area (Å²) >= 11 is 0. The predicted octanol–water partition coefficient (Wildman–Crippen LogP) is 1.69. The van der Waals surface area contributed by atoms with Crippen molar-refractivity contribution < 1.29 is 4.74 Å². The van der Waals surface area contributed by atoms with Crippen LogP contribution in [0.3, 0.4) is 0 Å². The molecule has 2 atom stereocenters. The van der Waals surface area contributed by atoms with E-state index in [4.69, 9.17) is 4.74 Å². The molecule has 1 N–H and O–H groups in total. The first-order valence-corrected chi connectivity index (χ1v) is 5.15. The van der Waals surface area contributed by atoms with Crippen LogP contribution in [0.5, 0.6) is 0 Å². The van der Waals surface area contributed by atoms with E-state index in [0.29, 0.717) is 18.2 Å². The number of fused-ring (bicyclic) bond motifs is 2. The van der Waals surface area contributed by atoms with E-state index in [1.807, 2.05) is 0 Å². The summed E-state index contributed by atoms with van der Waals surface area (Å²) in [7, 11) is 0. The van der Waals surface area contributed by atoms with Gasteiger partial charge in [-0.2, -0.15) is 0 Å². The molecule has 2 saturated heterocycles.